The van der Waals surface area contributed by atoms with Crippen LogP contribution in [-0.4, -0.2) is 16.8 Å². The number of benzene rings is 2. The number of carbonyl (C=O) groups excluding carboxylic acids is 1. The number of rotatable bonds is 2. The average Bonchev–Trinajstić information content (AvgIpc) is 2.83. The molecule has 0 bridgehead atoms. The number of hydrogen-bond donors (Lipinski definition) is 1. The summed E-state index contributed by atoms with van der Waals surface area (Å²) in [7, 11) is 0. The van der Waals surface area contributed by atoms with E-state index in [2.05, 4.69) is 0 Å². The predicted molar refractivity (Wildman–Crippen MR) is 77.2 cm³/mol. The van der Waals surface area contributed by atoms with Crippen molar-refractivity contribution in [3.8, 4) is 5.75 Å². The van der Waals surface area contributed by atoms with Gasteiger partial charge in [-0.1, -0.05) is 12.1 Å². The molecule has 2 aromatic carbocycles. The summed E-state index contributed by atoms with van der Waals surface area (Å²) in [6.45, 7) is 0. The molecule has 1 unspecified atom stereocenters. The Morgan fingerprint density at radius 2 is 1.75 bits per heavy atom. The molecule has 1 saturated heterocycles. The summed E-state index contributed by atoms with van der Waals surface area (Å²) in [5, 5.41) is 9.19. The van der Waals surface area contributed by atoms with Gasteiger partial charge in [0, 0.05) is 5.69 Å². The maximum absolute atomic E-state index is 13.0. The van der Waals surface area contributed by atoms with E-state index in [1.807, 2.05) is 0 Å². The van der Waals surface area contributed by atoms with Crippen LogP contribution in [0.2, 0.25) is 0 Å². The topological polar surface area (TPSA) is 40.5 Å². The zero-order chi connectivity index (χ0) is 14.1. The Hall–Kier alpha value is -2.01. The van der Waals surface area contributed by atoms with Gasteiger partial charge in [-0.25, -0.2) is 4.39 Å². The SMILES string of the molecule is O=C1CSC(c2ccc(O)cc2)N1c1ccc(F)cc1. The molecular formula is C15H12FNO2S. The number of hydrogen-bond acceptors (Lipinski definition) is 3. The van der Waals surface area contributed by atoms with Crippen LogP contribution in [-0.2, 0) is 4.79 Å². The molecule has 1 aliphatic heterocycles. The maximum atomic E-state index is 13.0. The fraction of sp³-hybridized carbons (Fsp3) is 0.133. The van der Waals surface area contributed by atoms with Gasteiger partial charge in [0.25, 0.3) is 0 Å². The quantitative estimate of drug-likeness (QED) is 0.922. The first-order chi connectivity index (χ1) is 9.65. The van der Waals surface area contributed by atoms with E-state index in [0.717, 1.165) is 5.56 Å². The Kier molecular flexibility index (Phi) is 3.36. The Labute approximate surface area is 120 Å². The van der Waals surface area contributed by atoms with Crippen LogP contribution in [0.3, 0.4) is 0 Å². The smallest absolute Gasteiger partial charge is 0.238 e. The second kappa shape index (κ2) is 5.17. The molecule has 0 saturated carbocycles. The van der Waals surface area contributed by atoms with Crippen LogP contribution in [0.15, 0.2) is 48.5 Å². The van der Waals surface area contributed by atoms with Crippen molar-refractivity contribution in [1.82, 2.24) is 0 Å². The third kappa shape index (κ3) is 2.36. The van der Waals surface area contributed by atoms with Crippen LogP contribution in [0.1, 0.15) is 10.9 Å². The van der Waals surface area contributed by atoms with E-state index >= 15 is 0 Å². The molecule has 0 radical (unpaired) electrons. The van der Waals surface area contributed by atoms with Gasteiger partial charge in [-0.15, -0.1) is 11.8 Å². The van der Waals surface area contributed by atoms with Gasteiger partial charge in [-0.05, 0) is 42.0 Å². The Morgan fingerprint density at radius 1 is 1.10 bits per heavy atom. The van der Waals surface area contributed by atoms with Crippen molar-refractivity contribution >= 4 is 23.4 Å². The van der Waals surface area contributed by atoms with Crippen LogP contribution in [0.4, 0.5) is 10.1 Å². The molecule has 1 aliphatic rings. The van der Waals surface area contributed by atoms with Gasteiger partial charge in [-0.2, -0.15) is 0 Å². The highest BCUT2D eigenvalue weighted by molar-refractivity contribution is 8.00. The lowest BCUT2D eigenvalue weighted by atomic mass is 10.2. The van der Waals surface area contributed by atoms with Crippen molar-refractivity contribution in [1.29, 1.82) is 0 Å². The van der Waals surface area contributed by atoms with E-state index in [0.29, 0.717) is 11.4 Å². The molecule has 1 amide bonds. The molecule has 0 aromatic heterocycles. The molecule has 1 atom stereocenters. The number of phenols is 1. The Bertz CT molecular complexity index is 627. The van der Waals surface area contributed by atoms with Crippen molar-refractivity contribution in [2.75, 3.05) is 10.7 Å². The van der Waals surface area contributed by atoms with Gasteiger partial charge in [0.05, 0.1) is 5.75 Å². The number of thioether (sulfide) groups is 1. The molecule has 3 rings (SSSR count). The normalized spacial score (nSPS) is 18.6. The lowest BCUT2D eigenvalue weighted by Crippen LogP contribution is -2.27. The number of halogens is 1. The van der Waals surface area contributed by atoms with Gasteiger partial charge in [0.2, 0.25) is 5.91 Å². The summed E-state index contributed by atoms with van der Waals surface area (Å²) in [4.78, 5) is 13.7. The first-order valence-corrected chi connectivity index (χ1v) is 7.18. The minimum Gasteiger partial charge on any atom is -0.508 e. The third-order valence-corrected chi connectivity index (χ3v) is 4.36. The van der Waals surface area contributed by atoms with Crippen molar-refractivity contribution in [2.45, 2.75) is 5.37 Å². The van der Waals surface area contributed by atoms with Crippen LogP contribution in [0, 0.1) is 5.82 Å². The van der Waals surface area contributed by atoms with Gasteiger partial charge < -0.3 is 5.11 Å². The van der Waals surface area contributed by atoms with Crippen molar-refractivity contribution in [3.05, 3.63) is 59.9 Å². The number of phenolic OH excluding ortho intramolecular Hbond substituents is 1. The molecule has 20 heavy (non-hydrogen) atoms. The van der Waals surface area contributed by atoms with E-state index < -0.39 is 0 Å². The largest absolute Gasteiger partial charge is 0.508 e. The minimum atomic E-state index is -0.325. The number of amides is 1. The van der Waals surface area contributed by atoms with Crippen LogP contribution in [0.5, 0.6) is 5.75 Å². The summed E-state index contributed by atoms with van der Waals surface area (Å²) >= 11 is 1.52. The zero-order valence-corrected chi connectivity index (χ0v) is 11.3. The fourth-order valence-electron chi connectivity index (χ4n) is 2.19. The summed E-state index contributed by atoms with van der Waals surface area (Å²) in [5.74, 6) is 0.258. The van der Waals surface area contributed by atoms with Gasteiger partial charge in [0.15, 0.2) is 0 Å². The van der Waals surface area contributed by atoms with Crippen LogP contribution >= 0.6 is 11.8 Å². The molecule has 5 heteroatoms. The van der Waals surface area contributed by atoms with Crippen LogP contribution in [0.25, 0.3) is 0 Å². The summed E-state index contributed by atoms with van der Waals surface area (Å²) in [5.41, 5.74) is 1.61. The van der Waals surface area contributed by atoms with E-state index in [9.17, 15) is 14.3 Å². The Morgan fingerprint density at radius 3 is 2.40 bits per heavy atom. The standard InChI is InChI=1S/C15H12FNO2S/c16-11-3-5-12(6-4-11)17-14(19)9-20-15(17)10-1-7-13(18)8-2-10/h1-8,15,18H,9H2. The maximum Gasteiger partial charge on any atom is 0.238 e. The molecule has 3 nitrogen and oxygen atoms in total. The van der Waals surface area contributed by atoms with Crippen molar-refractivity contribution < 1.29 is 14.3 Å². The zero-order valence-electron chi connectivity index (χ0n) is 10.5. The number of aromatic hydroxyl groups is 1. The highest BCUT2D eigenvalue weighted by Crippen LogP contribution is 2.41. The van der Waals surface area contributed by atoms with Crippen molar-refractivity contribution in [3.63, 3.8) is 0 Å². The number of nitrogens with zero attached hydrogens (tertiary/aromatic N) is 1. The van der Waals surface area contributed by atoms with Gasteiger partial charge >= 0.3 is 0 Å². The lowest BCUT2D eigenvalue weighted by molar-refractivity contribution is -0.115. The summed E-state index contributed by atoms with van der Waals surface area (Å²) in [6.07, 6.45) is 0. The Balaban J connectivity index is 1.96. The first kappa shape index (κ1) is 13.0. The molecular weight excluding hydrogens is 277 g/mol. The average molecular weight is 289 g/mol. The van der Waals surface area contributed by atoms with Crippen LogP contribution < -0.4 is 4.90 Å². The molecule has 1 heterocycles. The molecule has 1 N–H and O–H groups in total. The van der Waals surface area contributed by atoms with Gasteiger partial charge in [-0.3, -0.25) is 9.69 Å². The number of anilines is 1. The first-order valence-electron chi connectivity index (χ1n) is 6.13. The van der Waals surface area contributed by atoms with E-state index in [1.54, 1.807) is 41.3 Å². The van der Waals surface area contributed by atoms with Crippen molar-refractivity contribution in [2.24, 2.45) is 0 Å². The minimum absolute atomic E-state index is 0.000293. The fourth-order valence-corrected chi connectivity index (χ4v) is 3.37. The lowest BCUT2D eigenvalue weighted by Gasteiger charge is -2.24. The highest BCUT2D eigenvalue weighted by atomic mass is 32.2. The van der Waals surface area contributed by atoms with Gasteiger partial charge in [0.1, 0.15) is 16.9 Å². The molecule has 102 valence electrons. The third-order valence-electron chi connectivity index (χ3n) is 3.15. The molecule has 2 aromatic rings. The summed E-state index contributed by atoms with van der Waals surface area (Å²) in [6, 6.07) is 12.7. The highest BCUT2D eigenvalue weighted by Gasteiger charge is 2.33. The predicted octanol–water partition coefficient (Wildman–Crippen LogP) is 3.31. The molecule has 0 aliphatic carbocycles. The van der Waals surface area contributed by atoms with E-state index in [4.69, 9.17) is 0 Å². The molecule has 0 spiro atoms. The van der Waals surface area contributed by atoms with E-state index in [1.165, 1.54) is 23.9 Å². The number of carbonyl (C=O) groups is 1. The monoisotopic (exact) mass is 289 g/mol. The second-order valence-corrected chi connectivity index (χ2v) is 5.56. The summed E-state index contributed by atoms with van der Waals surface area (Å²) < 4.78 is 13.0. The molecule has 1 fully saturated rings. The second-order valence-electron chi connectivity index (χ2n) is 4.50. The van der Waals surface area contributed by atoms with E-state index in [-0.39, 0.29) is 22.8 Å².